The molecule has 0 saturated carbocycles. The molecule has 4 nitrogen and oxygen atoms in total. The molecule has 0 amide bonds. The number of aromatic nitrogens is 3. The maximum atomic E-state index is 12.2. The molecule has 108 valence electrons. The quantitative estimate of drug-likeness (QED) is 0.694. The zero-order valence-electron chi connectivity index (χ0n) is 12.6. The van der Waals surface area contributed by atoms with E-state index in [4.69, 9.17) is 0 Å². The SMILES string of the molecule is C[Si](C)(C)c1ccc(Cn2nc3ccccn3c2=O)cc1. The normalized spacial score (nSPS) is 12.0. The Kier molecular flexibility index (Phi) is 3.29. The molecular weight excluding hydrogens is 278 g/mol. The summed E-state index contributed by atoms with van der Waals surface area (Å²) in [6.45, 7) is 7.49. The maximum absolute atomic E-state index is 12.2. The Morgan fingerprint density at radius 2 is 1.76 bits per heavy atom. The molecule has 0 atom stereocenters. The van der Waals surface area contributed by atoms with Crippen LogP contribution in [0.25, 0.3) is 5.65 Å². The van der Waals surface area contributed by atoms with E-state index in [9.17, 15) is 4.79 Å². The molecule has 0 aliphatic rings. The number of rotatable bonds is 3. The molecule has 0 aliphatic heterocycles. The lowest BCUT2D eigenvalue weighted by Crippen LogP contribution is -2.37. The monoisotopic (exact) mass is 297 g/mol. The Bertz CT molecular complexity index is 825. The van der Waals surface area contributed by atoms with Crippen molar-refractivity contribution >= 4 is 18.9 Å². The largest absolute Gasteiger partial charge is 0.350 e. The van der Waals surface area contributed by atoms with Crippen LogP contribution in [0.5, 0.6) is 0 Å². The van der Waals surface area contributed by atoms with Gasteiger partial charge in [-0.3, -0.25) is 4.40 Å². The summed E-state index contributed by atoms with van der Waals surface area (Å²) in [5.74, 6) is 0. The van der Waals surface area contributed by atoms with Gasteiger partial charge in [0.15, 0.2) is 5.65 Å². The highest BCUT2D eigenvalue weighted by atomic mass is 28.3. The summed E-state index contributed by atoms with van der Waals surface area (Å²) >= 11 is 0. The molecule has 2 aromatic heterocycles. The minimum atomic E-state index is -1.27. The summed E-state index contributed by atoms with van der Waals surface area (Å²) in [6.07, 6.45) is 1.75. The number of nitrogens with zero attached hydrogens (tertiary/aromatic N) is 3. The molecule has 3 aromatic rings. The standard InChI is InChI=1S/C16H19N3OSi/c1-21(2,3)14-9-7-13(8-10-14)12-19-16(20)18-11-5-4-6-15(18)17-19/h4-11H,12H2,1-3H3. The van der Waals surface area contributed by atoms with Crippen molar-refractivity contribution in [1.82, 2.24) is 14.2 Å². The Hall–Kier alpha value is -2.14. The summed E-state index contributed by atoms with van der Waals surface area (Å²) in [6, 6.07) is 14.1. The molecule has 5 heteroatoms. The first-order chi connectivity index (χ1) is 9.95. The van der Waals surface area contributed by atoms with Crippen LogP contribution in [0, 0.1) is 0 Å². The number of hydrogen-bond donors (Lipinski definition) is 0. The van der Waals surface area contributed by atoms with Gasteiger partial charge in [0.25, 0.3) is 0 Å². The number of pyridine rings is 1. The van der Waals surface area contributed by atoms with E-state index >= 15 is 0 Å². The third kappa shape index (κ3) is 2.69. The Balaban J connectivity index is 1.92. The Labute approximate surface area is 124 Å². The fourth-order valence-electron chi connectivity index (χ4n) is 2.35. The lowest BCUT2D eigenvalue weighted by molar-refractivity contribution is 0.659. The van der Waals surface area contributed by atoms with Crippen molar-refractivity contribution in [2.45, 2.75) is 26.2 Å². The first kappa shape index (κ1) is 13.8. The summed E-state index contributed by atoms with van der Waals surface area (Å²) < 4.78 is 3.08. The average Bonchev–Trinajstić information content (AvgIpc) is 2.76. The molecule has 0 aliphatic carbocycles. The Morgan fingerprint density at radius 3 is 2.38 bits per heavy atom. The first-order valence-corrected chi connectivity index (χ1v) is 10.6. The maximum Gasteiger partial charge on any atom is 0.350 e. The second kappa shape index (κ2) is 5.00. The third-order valence-corrected chi connectivity index (χ3v) is 5.71. The van der Waals surface area contributed by atoms with Crippen molar-refractivity contribution < 1.29 is 0 Å². The molecule has 0 unspecified atom stereocenters. The van der Waals surface area contributed by atoms with Gasteiger partial charge in [-0.2, -0.15) is 0 Å². The molecule has 0 N–H and O–H groups in total. The van der Waals surface area contributed by atoms with E-state index in [0.717, 1.165) is 5.56 Å². The van der Waals surface area contributed by atoms with E-state index in [1.54, 1.807) is 10.6 Å². The highest BCUT2D eigenvalue weighted by Gasteiger charge is 2.15. The average molecular weight is 297 g/mol. The molecule has 0 radical (unpaired) electrons. The van der Waals surface area contributed by atoms with E-state index in [2.05, 4.69) is 49.0 Å². The van der Waals surface area contributed by atoms with Crippen molar-refractivity contribution in [3.63, 3.8) is 0 Å². The van der Waals surface area contributed by atoms with Crippen LogP contribution in [-0.2, 0) is 6.54 Å². The van der Waals surface area contributed by atoms with Gasteiger partial charge in [0, 0.05) is 6.20 Å². The molecule has 21 heavy (non-hydrogen) atoms. The van der Waals surface area contributed by atoms with Gasteiger partial charge < -0.3 is 0 Å². The highest BCUT2D eigenvalue weighted by molar-refractivity contribution is 6.88. The zero-order chi connectivity index (χ0) is 15.0. The van der Waals surface area contributed by atoms with E-state index < -0.39 is 8.07 Å². The molecule has 0 bridgehead atoms. The van der Waals surface area contributed by atoms with E-state index in [0.29, 0.717) is 12.2 Å². The number of hydrogen-bond acceptors (Lipinski definition) is 2. The van der Waals surface area contributed by atoms with Gasteiger partial charge in [-0.15, -0.1) is 5.10 Å². The van der Waals surface area contributed by atoms with E-state index in [-0.39, 0.29) is 5.69 Å². The van der Waals surface area contributed by atoms with Crippen molar-refractivity contribution in [3.05, 3.63) is 64.7 Å². The van der Waals surface area contributed by atoms with E-state index in [1.807, 2.05) is 18.2 Å². The van der Waals surface area contributed by atoms with Crippen LogP contribution in [0.2, 0.25) is 19.6 Å². The topological polar surface area (TPSA) is 39.3 Å². The molecule has 0 saturated heterocycles. The van der Waals surface area contributed by atoms with Gasteiger partial charge in [-0.25, -0.2) is 9.48 Å². The van der Waals surface area contributed by atoms with Gasteiger partial charge in [0.2, 0.25) is 0 Å². The summed E-state index contributed by atoms with van der Waals surface area (Å²) in [5, 5.41) is 5.78. The van der Waals surface area contributed by atoms with Crippen LogP contribution in [0.4, 0.5) is 0 Å². The number of fused-ring (bicyclic) bond motifs is 1. The van der Waals surface area contributed by atoms with Crippen molar-refractivity contribution in [2.75, 3.05) is 0 Å². The molecule has 1 aromatic carbocycles. The third-order valence-electron chi connectivity index (χ3n) is 3.64. The second-order valence-corrected chi connectivity index (χ2v) is 11.4. The van der Waals surface area contributed by atoms with Gasteiger partial charge in [-0.05, 0) is 17.7 Å². The van der Waals surface area contributed by atoms with Gasteiger partial charge in [-0.1, -0.05) is 55.2 Å². The second-order valence-electron chi connectivity index (χ2n) is 6.32. The minimum Gasteiger partial charge on any atom is -0.250 e. The van der Waals surface area contributed by atoms with Gasteiger partial charge in [0.1, 0.15) is 0 Å². The van der Waals surface area contributed by atoms with Crippen molar-refractivity contribution in [1.29, 1.82) is 0 Å². The van der Waals surface area contributed by atoms with Crippen molar-refractivity contribution in [3.8, 4) is 0 Å². The predicted octanol–water partition coefficient (Wildman–Crippen LogP) is 2.09. The fourth-order valence-corrected chi connectivity index (χ4v) is 3.52. The first-order valence-electron chi connectivity index (χ1n) is 7.09. The number of benzene rings is 1. The zero-order valence-corrected chi connectivity index (χ0v) is 13.6. The lowest BCUT2D eigenvalue weighted by Gasteiger charge is -2.16. The lowest BCUT2D eigenvalue weighted by atomic mass is 10.2. The molecule has 0 spiro atoms. The van der Waals surface area contributed by atoms with Gasteiger partial charge >= 0.3 is 5.69 Å². The molecular formula is C16H19N3OSi. The predicted molar refractivity (Wildman–Crippen MR) is 88.0 cm³/mol. The van der Waals surface area contributed by atoms with E-state index in [1.165, 1.54) is 9.87 Å². The van der Waals surface area contributed by atoms with Crippen LogP contribution in [0.3, 0.4) is 0 Å². The van der Waals surface area contributed by atoms with Crippen LogP contribution in [0.1, 0.15) is 5.56 Å². The van der Waals surface area contributed by atoms with Crippen LogP contribution < -0.4 is 10.9 Å². The van der Waals surface area contributed by atoms with Crippen LogP contribution in [0.15, 0.2) is 53.5 Å². The van der Waals surface area contributed by atoms with Crippen LogP contribution in [-0.4, -0.2) is 22.3 Å². The van der Waals surface area contributed by atoms with Crippen molar-refractivity contribution in [2.24, 2.45) is 0 Å². The highest BCUT2D eigenvalue weighted by Crippen LogP contribution is 2.06. The Morgan fingerprint density at radius 1 is 1.05 bits per heavy atom. The fraction of sp³-hybridized carbons (Fsp3) is 0.250. The molecule has 0 fully saturated rings. The smallest absolute Gasteiger partial charge is 0.250 e. The molecule has 3 rings (SSSR count). The minimum absolute atomic E-state index is 0.0973. The van der Waals surface area contributed by atoms with Gasteiger partial charge in [0.05, 0.1) is 14.6 Å². The summed E-state index contributed by atoms with van der Waals surface area (Å²) in [4.78, 5) is 12.2. The van der Waals surface area contributed by atoms with Crippen LogP contribution >= 0.6 is 0 Å². The molecule has 2 heterocycles. The summed E-state index contributed by atoms with van der Waals surface area (Å²) in [5.41, 5.74) is 1.68. The summed E-state index contributed by atoms with van der Waals surface area (Å²) in [7, 11) is -1.27.